The molecule has 1 unspecified atom stereocenters. The lowest BCUT2D eigenvalue weighted by atomic mass is 9.90. The van der Waals surface area contributed by atoms with Gasteiger partial charge in [-0.3, -0.25) is 0 Å². The second-order valence-corrected chi connectivity index (χ2v) is 4.76. The van der Waals surface area contributed by atoms with Crippen LogP contribution in [0, 0.1) is 5.41 Å². The highest BCUT2D eigenvalue weighted by Gasteiger charge is 2.18. The Hall–Kier alpha value is -0.790. The molecule has 0 heterocycles. The molecule has 0 radical (unpaired) electrons. The normalized spacial score (nSPS) is 13.6. The van der Waals surface area contributed by atoms with E-state index in [-0.39, 0.29) is 17.5 Å². The summed E-state index contributed by atoms with van der Waals surface area (Å²) in [6.45, 7) is 13.5. The molecule has 0 aliphatic rings. The molecule has 0 saturated heterocycles. The maximum Gasteiger partial charge on any atom is 0.333 e. The van der Waals surface area contributed by atoms with Crippen LogP contribution in [0.15, 0.2) is 12.2 Å². The van der Waals surface area contributed by atoms with Crippen LogP contribution in [-0.2, 0) is 9.53 Å². The first-order valence-electron chi connectivity index (χ1n) is 4.59. The summed E-state index contributed by atoms with van der Waals surface area (Å²) < 4.78 is 5.15. The number of carbonyl (C=O) groups excluding carboxylic acids is 1. The molecule has 0 spiro atoms. The van der Waals surface area contributed by atoms with Crippen molar-refractivity contribution in [3.05, 3.63) is 12.2 Å². The van der Waals surface area contributed by atoms with Crippen LogP contribution >= 0.6 is 0 Å². The van der Waals surface area contributed by atoms with Crippen molar-refractivity contribution in [1.29, 1.82) is 0 Å². The molecule has 76 valence electrons. The smallest absolute Gasteiger partial charge is 0.333 e. The fourth-order valence-electron chi connectivity index (χ4n) is 1.19. The van der Waals surface area contributed by atoms with E-state index < -0.39 is 0 Å². The number of rotatable bonds is 3. The minimum Gasteiger partial charge on any atom is -0.459 e. The Balaban J connectivity index is 3.95. The van der Waals surface area contributed by atoms with E-state index in [0.717, 1.165) is 6.42 Å². The Morgan fingerprint density at radius 3 is 2.23 bits per heavy atom. The molecule has 2 heteroatoms. The summed E-state index contributed by atoms with van der Waals surface area (Å²) in [6, 6.07) is 0. The zero-order chi connectivity index (χ0) is 10.6. The molecule has 0 rings (SSSR count). The summed E-state index contributed by atoms with van der Waals surface area (Å²) in [5, 5.41) is 0. The van der Waals surface area contributed by atoms with Gasteiger partial charge in [0.25, 0.3) is 0 Å². The Bertz CT molecular complexity index is 199. The summed E-state index contributed by atoms with van der Waals surface area (Å²) >= 11 is 0. The van der Waals surface area contributed by atoms with Gasteiger partial charge in [-0.2, -0.15) is 0 Å². The molecule has 0 aromatic heterocycles. The van der Waals surface area contributed by atoms with E-state index in [1.165, 1.54) is 0 Å². The maximum atomic E-state index is 11.1. The fraction of sp³-hybridized carbons (Fsp3) is 0.727. The van der Waals surface area contributed by atoms with E-state index >= 15 is 0 Å². The van der Waals surface area contributed by atoms with Crippen molar-refractivity contribution in [2.45, 2.75) is 47.1 Å². The van der Waals surface area contributed by atoms with Crippen LogP contribution in [0.4, 0.5) is 0 Å². The van der Waals surface area contributed by atoms with Gasteiger partial charge in [-0.1, -0.05) is 27.4 Å². The van der Waals surface area contributed by atoms with Crippen LogP contribution in [0.3, 0.4) is 0 Å². The number of ether oxygens (including phenoxy) is 1. The van der Waals surface area contributed by atoms with Crippen molar-refractivity contribution in [3.63, 3.8) is 0 Å². The van der Waals surface area contributed by atoms with Gasteiger partial charge in [-0.05, 0) is 25.7 Å². The lowest BCUT2D eigenvalue weighted by Crippen LogP contribution is -2.21. The predicted molar refractivity (Wildman–Crippen MR) is 54.4 cm³/mol. The Kier molecular flexibility index (Phi) is 4.18. The van der Waals surface area contributed by atoms with Crippen LogP contribution in [0.2, 0.25) is 0 Å². The largest absolute Gasteiger partial charge is 0.459 e. The van der Waals surface area contributed by atoms with Gasteiger partial charge in [-0.25, -0.2) is 4.79 Å². The monoisotopic (exact) mass is 184 g/mol. The van der Waals surface area contributed by atoms with Gasteiger partial charge in [-0.15, -0.1) is 0 Å². The van der Waals surface area contributed by atoms with Crippen molar-refractivity contribution >= 4 is 5.97 Å². The lowest BCUT2D eigenvalue weighted by molar-refractivity contribution is -0.144. The Morgan fingerprint density at radius 2 is 1.92 bits per heavy atom. The van der Waals surface area contributed by atoms with Gasteiger partial charge in [0.1, 0.15) is 0 Å². The van der Waals surface area contributed by atoms with Crippen LogP contribution in [0.5, 0.6) is 0 Å². The highest BCUT2D eigenvalue weighted by atomic mass is 16.5. The first kappa shape index (κ1) is 12.2. The van der Waals surface area contributed by atoms with E-state index in [4.69, 9.17) is 4.74 Å². The molecule has 13 heavy (non-hydrogen) atoms. The first-order chi connectivity index (χ1) is 5.72. The number of hydrogen-bond acceptors (Lipinski definition) is 2. The molecule has 0 fully saturated rings. The van der Waals surface area contributed by atoms with Gasteiger partial charge >= 0.3 is 5.97 Å². The first-order valence-corrected chi connectivity index (χ1v) is 4.59. The molecule has 0 amide bonds. The average molecular weight is 184 g/mol. The Morgan fingerprint density at radius 1 is 1.46 bits per heavy atom. The molecule has 2 nitrogen and oxygen atoms in total. The van der Waals surface area contributed by atoms with Gasteiger partial charge in [0.15, 0.2) is 0 Å². The van der Waals surface area contributed by atoms with Crippen LogP contribution < -0.4 is 0 Å². The van der Waals surface area contributed by atoms with Gasteiger partial charge < -0.3 is 4.74 Å². The molecule has 0 aromatic rings. The van der Waals surface area contributed by atoms with Crippen molar-refractivity contribution in [1.82, 2.24) is 0 Å². The summed E-state index contributed by atoms with van der Waals surface area (Å²) in [5.74, 6) is -0.295. The summed E-state index contributed by atoms with van der Waals surface area (Å²) in [4.78, 5) is 11.1. The van der Waals surface area contributed by atoms with Gasteiger partial charge in [0.05, 0.1) is 6.10 Å². The minimum atomic E-state index is -0.295. The topological polar surface area (TPSA) is 26.3 Å². The fourth-order valence-corrected chi connectivity index (χ4v) is 1.19. The molecule has 0 bridgehead atoms. The predicted octanol–water partition coefficient (Wildman–Crippen LogP) is 2.93. The molecule has 0 saturated carbocycles. The van der Waals surface area contributed by atoms with Crippen molar-refractivity contribution in [3.8, 4) is 0 Å². The highest BCUT2D eigenvalue weighted by molar-refractivity contribution is 5.87. The number of esters is 1. The number of carbonyl (C=O) groups is 1. The Labute approximate surface area is 81.0 Å². The summed E-state index contributed by atoms with van der Waals surface area (Å²) in [6.07, 6.45) is 0.829. The zero-order valence-corrected chi connectivity index (χ0v) is 9.31. The summed E-state index contributed by atoms with van der Waals surface area (Å²) in [7, 11) is 0. The third kappa shape index (κ3) is 6.38. The van der Waals surface area contributed by atoms with Gasteiger partial charge in [0, 0.05) is 5.57 Å². The van der Waals surface area contributed by atoms with Crippen LogP contribution in [-0.4, -0.2) is 12.1 Å². The summed E-state index contributed by atoms with van der Waals surface area (Å²) in [5.41, 5.74) is 0.648. The van der Waals surface area contributed by atoms with E-state index in [1.807, 2.05) is 6.92 Å². The minimum absolute atomic E-state index is 0.0378. The van der Waals surface area contributed by atoms with E-state index in [9.17, 15) is 4.79 Å². The third-order valence-corrected chi connectivity index (χ3v) is 1.56. The SMILES string of the molecule is C=C(C)C(=O)OC(C)CC(C)(C)C. The van der Waals surface area contributed by atoms with Crippen molar-refractivity contribution < 1.29 is 9.53 Å². The molecule has 1 atom stereocenters. The maximum absolute atomic E-state index is 11.1. The lowest BCUT2D eigenvalue weighted by Gasteiger charge is -2.23. The van der Waals surface area contributed by atoms with Gasteiger partial charge in [0.2, 0.25) is 0 Å². The number of hydrogen-bond donors (Lipinski definition) is 0. The van der Waals surface area contributed by atoms with E-state index in [1.54, 1.807) is 6.92 Å². The van der Waals surface area contributed by atoms with Crippen LogP contribution in [0.1, 0.15) is 41.0 Å². The second-order valence-electron chi connectivity index (χ2n) is 4.76. The molecular formula is C11H20O2. The zero-order valence-electron chi connectivity index (χ0n) is 9.31. The molecule has 0 N–H and O–H groups in total. The van der Waals surface area contributed by atoms with Crippen molar-refractivity contribution in [2.24, 2.45) is 5.41 Å². The van der Waals surface area contributed by atoms with Crippen molar-refractivity contribution in [2.75, 3.05) is 0 Å². The average Bonchev–Trinajstić information content (AvgIpc) is 1.81. The molecule has 0 aromatic carbocycles. The standard InChI is InChI=1S/C11H20O2/c1-8(2)10(12)13-9(3)7-11(4,5)6/h9H,1,7H2,2-6H3. The van der Waals surface area contributed by atoms with Crippen LogP contribution in [0.25, 0.3) is 0 Å². The van der Waals surface area contributed by atoms with E-state index in [2.05, 4.69) is 27.4 Å². The molecule has 0 aliphatic carbocycles. The second kappa shape index (κ2) is 4.45. The highest BCUT2D eigenvalue weighted by Crippen LogP contribution is 2.22. The quantitative estimate of drug-likeness (QED) is 0.498. The molecular weight excluding hydrogens is 164 g/mol. The van der Waals surface area contributed by atoms with E-state index in [0.29, 0.717) is 5.57 Å². The third-order valence-electron chi connectivity index (χ3n) is 1.56. The molecule has 0 aliphatic heterocycles.